The molecule has 76 valence electrons. The van der Waals surface area contributed by atoms with Gasteiger partial charge in [0.25, 0.3) is 0 Å². The highest BCUT2D eigenvalue weighted by Gasteiger charge is 2.19. The van der Waals surface area contributed by atoms with Gasteiger partial charge in [-0.15, -0.1) is 11.8 Å². The van der Waals surface area contributed by atoms with Crippen molar-refractivity contribution < 1.29 is 0 Å². The first-order valence-corrected chi connectivity index (χ1v) is 6.31. The molecule has 14 heavy (non-hydrogen) atoms. The van der Waals surface area contributed by atoms with Crippen molar-refractivity contribution in [2.45, 2.75) is 31.2 Å². The third-order valence-electron chi connectivity index (χ3n) is 2.56. The number of rotatable bonds is 3. The van der Waals surface area contributed by atoms with E-state index in [4.69, 9.17) is 0 Å². The zero-order valence-electron chi connectivity index (χ0n) is 8.57. The van der Waals surface area contributed by atoms with Gasteiger partial charge in [-0.05, 0) is 25.3 Å². The lowest BCUT2D eigenvalue weighted by Gasteiger charge is -2.10. The Hall–Kier alpha value is -0.470. The molecule has 0 radical (unpaired) electrons. The van der Waals surface area contributed by atoms with E-state index in [1.807, 2.05) is 0 Å². The molecule has 0 bridgehead atoms. The second kappa shape index (κ2) is 4.85. The van der Waals surface area contributed by atoms with Gasteiger partial charge in [0.2, 0.25) is 0 Å². The quantitative estimate of drug-likeness (QED) is 0.818. The van der Waals surface area contributed by atoms with Crippen molar-refractivity contribution in [3.8, 4) is 0 Å². The van der Waals surface area contributed by atoms with Gasteiger partial charge < -0.3 is 5.32 Å². The van der Waals surface area contributed by atoms with Gasteiger partial charge in [0, 0.05) is 11.8 Å². The molecule has 1 saturated heterocycles. The SMILES string of the molecule is CC1CSC(CCc2ccccc2)N1. The molecule has 0 saturated carbocycles. The van der Waals surface area contributed by atoms with E-state index < -0.39 is 0 Å². The van der Waals surface area contributed by atoms with Crippen molar-refractivity contribution in [2.75, 3.05) is 5.75 Å². The number of thioether (sulfide) groups is 1. The predicted octanol–water partition coefficient (Wildman–Crippen LogP) is 2.67. The molecule has 2 rings (SSSR count). The summed E-state index contributed by atoms with van der Waals surface area (Å²) in [5.41, 5.74) is 1.45. The fourth-order valence-corrected chi connectivity index (χ4v) is 3.01. The molecule has 1 aromatic rings. The summed E-state index contributed by atoms with van der Waals surface area (Å²) in [5.74, 6) is 1.26. The Labute approximate surface area is 90.3 Å². The highest BCUT2D eigenvalue weighted by atomic mass is 32.2. The van der Waals surface area contributed by atoms with E-state index in [1.165, 1.54) is 24.2 Å². The number of aryl methyl sites for hydroxylation is 1. The third kappa shape index (κ3) is 2.76. The van der Waals surface area contributed by atoms with Crippen LogP contribution in [0.2, 0.25) is 0 Å². The Bertz CT molecular complexity index is 273. The van der Waals surface area contributed by atoms with E-state index in [-0.39, 0.29) is 0 Å². The van der Waals surface area contributed by atoms with E-state index in [0.29, 0.717) is 11.4 Å². The molecule has 1 aromatic carbocycles. The average molecular weight is 207 g/mol. The van der Waals surface area contributed by atoms with Crippen molar-refractivity contribution in [1.29, 1.82) is 0 Å². The highest BCUT2D eigenvalue weighted by molar-refractivity contribution is 8.00. The summed E-state index contributed by atoms with van der Waals surface area (Å²) in [4.78, 5) is 0. The van der Waals surface area contributed by atoms with Crippen molar-refractivity contribution in [3.63, 3.8) is 0 Å². The van der Waals surface area contributed by atoms with Crippen molar-refractivity contribution in [2.24, 2.45) is 0 Å². The van der Waals surface area contributed by atoms with E-state index >= 15 is 0 Å². The molecule has 2 unspecified atom stereocenters. The van der Waals surface area contributed by atoms with Crippen LogP contribution in [0.15, 0.2) is 30.3 Å². The van der Waals surface area contributed by atoms with Gasteiger partial charge in [-0.25, -0.2) is 0 Å². The van der Waals surface area contributed by atoms with E-state index in [1.54, 1.807) is 0 Å². The first-order chi connectivity index (χ1) is 6.84. The van der Waals surface area contributed by atoms with Gasteiger partial charge in [0.15, 0.2) is 0 Å². The highest BCUT2D eigenvalue weighted by Crippen LogP contribution is 2.22. The van der Waals surface area contributed by atoms with Crippen LogP contribution in [0.5, 0.6) is 0 Å². The van der Waals surface area contributed by atoms with Crippen LogP contribution in [0.3, 0.4) is 0 Å². The second-order valence-electron chi connectivity index (χ2n) is 3.91. The number of hydrogen-bond acceptors (Lipinski definition) is 2. The molecule has 1 nitrogen and oxygen atoms in total. The van der Waals surface area contributed by atoms with Crippen LogP contribution >= 0.6 is 11.8 Å². The summed E-state index contributed by atoms with van der Waals surface area (Å²) in [7, 11) is 0. The standard InChI is InChI=1S/C12H17NS/c1-10-9-14-12(13-10)8-7-11-5-3-2-4-6-11/h2-6,10,12-13H,7-9H2,1H3. The normalized spacial score (nSPS) is 26.6. The molecular weight excluding hydrogens is 190 g/mol. The minimum atomic E-state index is 0.671. The molecule has 1 N–H and O–H groups in total. The van der Waals surface area contributed by atoms with Gasteiger partial charge >= 0.3 is 0 Å². The summed E-state index contributed by atoms with van der Waals surface area (Å²) >= 11 is 2.06. The first-order valence-electron chi connectivity index (χ1n) is 5.26. The monoisotopic (exact) mass is 207 g/mol. The first kappa shape index (κ1) is 10.1. The maximum absolute atomic E-state index is 3.59. The van der Waals surface area contributed by atoms with Gasteiger partial charge in [0.1, 0.15) is 0 Å². The third-order valence-corrected chi connectivity index (χ3v) is 4.02. The van der Waals surface area contributed by atoms with Gasteiger partial charge in [0.05, 0.1) is 5.37 Å². The summed E-state index contributed by atoms with van der Waals surface area (Å²) in [6.45, 7) is 2.26. The lowest BCUT2D eigenvalue weighted by Crippen LogP contribution is -2.27. The van der Waals surface area contributed by atoms with E-state index in [0.717, 1.165) is 0 Å². The molecule has 0 aromatic heterocycles. The zero-order chi connectivity index (χ0) is 9.80. The predicted molar refractivity (Wildman–Crippen MR) is 63.6 cm³/mol. The van der Waals surface area contributed by atoms with Crippen molar-refractivity contribution in [1.82, 2.24) is 5.32 Å². The van der Waals surface area contributed by atoms with Crippen LogP contribution in [0.4, 0.5) is 0 Å². The molecule has 0 amide bonds. The molecule has 1 fully saturated rings. The maximum atomic E-state index is 3.59. The summed E-state index contributed by atoms with van der Waals surface area (Å²) in [6.07, 6.45) is 2.44. The smallest absolute Gasteiger partial charge is 0.0538 e. The van der Waals surface area contributed by atoms with Crippen molar-refractivity contribution in [3.05, 3.63) is 35.9 Å². The molecule has 0 aliphatic carbocycles. The molecule has 2 heteroatoms. The van der Waals surface area contributed by atoms with Crippen LogP contribution in [0.25, 0.3) is 0 Å². The lowest BCUT2D eigenvalue weighted by atomic mass is 10.1. The van der Waals surface area contributed by atoms with Crippen LogP contribution in [0.1, 0.15) is 18.9 Å². The molecule has 0 spiro atoms. The number of benzene rings is 1. The fraction of sp³-hybridized carbons (Fsp3) is 0.500. The average Bonchev–Trinajstić information content (AvgIpc) is 2.63. The second-order valence-corrected chi connectivity index (χ2v) is 5.15. The zero-order valence-corrected chi connectivity index (χ0v) is 9.39. The minimum Gasteiger partial charge on any atom is -0.302 e. The summed E-state index contributed by atoms with van der Waals surface area (Å²) in [6, 6.07) is 11.4. The number of hydrogen-bond donors (Lipinski definition) is 1. The van der Waals surface area contributed by atoms with Crippen LogP contribution in [-0.2, 0) is 6.42 Å². The Morgan fingerprint density at radius 1 is 1.36 bits per heavy atom. The Morgan fingerprint density at radius 3 is 2.79 bits per heavy atom. The summed E-state index contributed by atoms with van der Waals surface area (Å²) < 4.78 is 0. The van der Waals surface area contributed by atoms with Gasteiger partial charge in [-0.3, -0.25) is 0 Å². The lowest BCUT2D eigenvalue weighted by molar-refractivity contribution is 0.574. The van der Waals surface area contributed by atoms with E-state index in [2.05, 4.69) is 54.3 Å². The molecule has 2 atom stereocenters. The largest absolute Gasteiger partial charge is 0.302 e. The number of nitrogens with one attached hydrogen (secondary N) is 1. The fourth-order valence-electron chi connectivity index (χ4n) is 1.78. The van der Waals surface area contributed by atoms with Crippen molar-refractivity contribution >= 4 is 11.8 Å². The minimum absolute atomic E-state index is 0.671. The molecule has 1 aliphatic heterocycles. The molecule has 1 heterocycles. The summed E-state index contributed by atoms with van der Waals surface area (Å²) in [5, 5.41) is 4.26. The van der Waals surface area contributed by atoms with Gasteiger partial charge in [-0.1, -0.05) is 30.3 Å². The van der Waals surface area contributed by atoms with Crippen LogP contribution < -0.4 is 5.32 Å². The van der Waals surface area contributed by atoms with Gasteiger partial charge in [-0.2, -0.15) is 0 Å². The Kier molecular flexibility index (Phi) is 3.49. The maximum Gasteiger partial charge on any atom is 0.0538 e. The Morgan fingerprint density at radius 2 is 2.14 bits per heavy atom. The van der Waals surface area contributed by atoms with Crippen LogP contribution in [-0.4, -0.2) is 17.2 Å². The van der Waals surface area contributed by atoms with Crippen LogP contribution in [0, 0.1) is 0 Å². The molecular formula is C12H17NS. The topological polar surface area (TPSA) is 12.0 Å². The van der Waals surface area contributed by atoms with E-state index in [9.17, 15) is 0 Å². The molecule has 1 aliphatic rings. The Balaban J connectivity index is 1.78.